The predicted octanol–water partition coefficient (Wildman–Crippen LogP) is 4.69. The predicted molar refractivity (Wildman–Crippen MR) is 121 cm³/mol. The van der Waals surface area contributed by atoms with Crippen LogP contribution in [-0.2, 0) is 21.5 Å². The lowest BCUT2D eigenvalue weighted by atomic mass is 10.0. The number of aromatic nitrogens is 2. The molecule has 0 aliphatic heterocycles. The molecule has 0 fully saturated rings. The van der Waals surface area contributed by atoms with Crippen LogP contribution in [-0.4, -0.2) is 29.2 Å². The van der Waals surface area contributed by atoms with E-state index in [1.807, 2.05) is 38.1 Å². The summed E-state index contributed by atoms with van der Waals surface area (Å²) in [5.74, 6) is 0.876. The molecule has 2 aromatic heterocycles. The van der Waals surface area contributed by atoms with Gasteiger partial charge in [0, 0.05) is 16.9 Å². The van der Waals surface area contributed by atoms with Crippen LogP contribution in [0.5, 0.6) is 5.75 Å². The Kier molecular flexibility index (Phi) is 6.31. The zero-order chi connectivity index (χ0) is 22.1. The van der Waals surface area contributed by atoms with E-state index in [0.717, 1.165) is 22.4 Å². The molecule has 0 atom stereocenters. The van der Waals surface area contributed by atoms with Gasteiger partial charge in [-0.15, -0.1) is 11.3 Å². The van der Waals surface area contributed by atoms with Crippen LogP contribution in [0.3, 0.4) is 0 Å². The number of carbonyl (C=O) groups is 1. The minimum Gasteiger partial charge on any atom is -0.497 e. The summed E-state index contributed by atoms with van der Waals surface area (Å²) < 4.78 is 12.2. The van der Waals surface area contributed by atoms with E-state index in [4.69, 9.17) is 14.5 Å². The molecule has 0 N–H and O–H groups in total. The van der Waals surface area contributed by atoms with Crippen LogP contribution in [0.15, 0.2) is 29.1 Å². The monoisotopic (exact) mass is 428 g/mol. The van der Waals surface area contributed by atoms with Crippen molar-refractivity contribution in [2.75, 3.05) is 13.7 Å². The molecule has 0 unspecified atom stereocenters. The van der Waals surface area contributed by atoms with Crippen molar-refractivity contribution < 1.29 is 14.3 Å². The molecular formula is C23H28N2O4S. The molecule has 3 rings (SSSR count). The van der Waals surface area contributed by atoms with E-state index in [9.17, 15) is 9.59 Å². The molecule has 7 heteroatoms. The lowest BCUT2D eigenvalue weighted by molar-refractivity contribution is -0.152. The fraction of sp³-hybridized carbons (Fsp3) is 0.435. The standard InChI is InChI=1S/C23H28N2O4S/c1-7-10-17-24-20-19(21(26)25(17)23(4,5)22(27)29-8-2)18(14(3)30-20)15-11-9-12-16(13-15)28-6/h9,11-13H,7-8,10H2,1-6H3. The number of carbonyl (C=O) groups excluding carboxylic acids is 1. The zero-order valence-corrected chi connectivity index (χ0v) is 19.2. The van der Waals surface area contributed by atoms with Crippen LogP contribution >= 0.6 is 11.3 Å². The van der Waals surface area contributed by atoms with Gasteiger partial charge < -0.3 is 9.47 Å². The molecular weight excluding hydrogens is 400 g/mol. The molecule has 0 amide bonds. The van der Waals surface area contributed by atoms with Gasteiger partial charge in [-0.2, -0.15) is 0 Å². The van der Waals surface area contributed by atoms with Gasteiger partial charge in [0.1, 0.15) is 21.9 Å². The number of nitrogens with zero attached hydrogens (tertiary/aromatic N) is 2. The van der Waals surface area contributed by atoms with Gasteiger partial charge in [-0.1, -0.05) is 19.1 Å². The van der Waals surface area contributed by atoms with E-state index in [0.29, 0.717) is 28.2 Å². The van der Waals surface area contributed by atoms with Gasteiger partial charge in [0.15, 0.2) is 0 Å². The number of methoxy groups -OCH3 is 1. The molecule has 160 valence electrons. The Bertz CT molecular complexity index is 1140. The fourth-order valence-electron chi connectivity index (χ4n) is 3.70. The van der Waals surface area contributed by atoms with Gasteiger partial charge >= 0.3 is 5.97 Å². The first-order valence-electron chi connectivity index (χ1n) is 10.1. The Morgan fingerprint density at radius 1 is 1.27 bits per heavy atom. The smallest absolute Gasteiger partial charge is 0.331 e. The third-order valence-electron chi connectivity index (χ3n) is 5.14. The molecule has 0 saturated carbocycles. The maximum absolute atomic E-state index is 13.8. The second-order valence-corrected chi connectivity index (χ2v) is 8.85. The SMILES string of the molecule is CCCc1nc2sc(C)c(-c3cccc(OC)c3)c2c(=O)n1C(C)(C)C(=O)OCC. The number of thiophene rings is 1. The minimum atomic E-state index is -1.17. The number of benzene rings is 1. The summed E-state index contributed by atoms with van der Waals surface area (Å²) in [5.41, 5.74) is 0.340. The van der Waals surface area contributed by atoms with Crippen LogP contribution < -0.4 is 10.3 Å². The normalized spacial score (nSPS) is 11.7. The Morgan fingerprint density at radius 3 is 2.63 bits per heavy atom. The second kappa shape index (κ2) is 8.60. The summed E-state index contributed by atoms with van der Waals surface area (Å²) in [6.07, 6.45) is 1.41. The lowest BCUT2D eigenvalue weighted by Crippen LogP contribution is -2.46. The average molecular weight is 429 g/mol. The summed E-state index contributed by atoms with van der Waals surface area (Å²) in [4.78, 5) is 33.1. The number of aryl methyl sites for hydroxylation is 2. The number of rotatable bonds is 7. The Balaban J connectivity index is 2.37. The Hall–Kier alpha value is -2.67. The number of hydrogen-bond donors (Lipinski definition) is 0. The van der Waals surface area contributed by atoms with Gasteiger partial charge in [-0.25, -0.2) is 9.78 Å². The highest BCUT2D eigenvalue weighted by atomic mass is 32.1. The van der Waals surface area contributed by atoms with Crippen molar-refractivity contribution in [1.29, 1.82) is 0 Å². The Labute approximate surface area is 180 Å². The van der Waals surface area contributed by atoms with Crippen LogP contribution in [0, 0.1) is 6.92 Å². The van der Waals surface area contributed by atoms with Gasteiger partial charge in [0.2, 0.25) is 0 Å². The van der Waals surface area contributed by atoms with Crippen molar-refractivity contribution in [1.82, 2.24) is 9.55 Å². The molecule has 0 bridgehead atoms. The van der Waals surface area contributed by atoms with Gasteiger partial charge in [-0.05, 0) is 51.8 Å². The van der Waals surface area contributed by atoms with Crippen LogP contribution in [0.25, 0.3) is 21.3 Å². The van der Waals surface area contributed by atoms with Crippen LogP contribution in [0.1, 0.15) is 44.8 Å². The Morgan fingerprint density at radius 2 is 2.00 bits per heavy atom. The maximum atomic E-state index is 13.8. The topological polar surface area (TPSA) is 70.4 Å². The lowest BCUT2D eigenvalue weighted by Gasteiger charge is -2.27. The summed E-state index contributed by atoms with van der Waals surface area (Å²) >= 11 is 1.50. The van der Waals surface area contributed by atoms with Gasteiger partial charge in [0.25, 0.3) is 5.56 Å². The number of fused-ring (bicyclic) bond motifs is 1. The van der Waals surface area contributed by atoms with Crippen molar-refractivity contribution in [3.8, 4) is 16.9 Å². The minimum absolute atomic E-state index is 0.219. The van der Waals surface area contributed by atoms with Crippen molar-refractivity contribution >= 4 is 27.5 Å². The van der Waals surface area contributed by atoms with Crippen molar-refractivity contribution in [3.63, 3.8) is 0 Å². The summed E-state index contributed by atoms with van der Waals surface area (Å²) in [6.45, 7) is 9.45. The van der Waals surface area contributed by atoms with Crippen molar-refractivity contribution in [2.24, 2.45) is 0 Å². The molecule has 6 nitrogen and oxygen atoms in total. The third-order valence-corrected chi connectivity index (χ3v) is 6.14. The van der Waals surface area contributed by atoms with E-state index in [1.165, 1.54) is 15.9 Å². The number of ether oxygens (including phenoxy) is 2. The molecule has 30 heavy (non-hydrogen) atoms. The number of esters is 1. The highest BCUT2D eigenvalue weighted by molar-refractivity contribution is 7.19. The first kappa shape index (κ1) is 22.0. The van der Waals surface area contributed by atoms with E-state index in [2.05, 4.69) is 0 Å². The second-order valence-electron chi connectivity index (χ2n) is 7.64. The number of hydrogen-bond acceptors (Lipinski definition) is 6. The largest absolute Gasteiger partial charge is 0.497 e. The zero-order valence-electron chi connectivity index (χ0n) is 18.4. The molecule has 0 radical (unpaired) electrons. The molecule has 3 aromatic rings. The summed E-state index contributed by atoms with van der Waals surface area (Å²) in [5, 5.41) is 0.531. The van der Waals surface area contributed by atoms with E-state index >= 15 is 0 Å². The summed E-state index contributed by atoms with van der Waals surface area (Å²) in [7, 11) is 1.62. The molecule has 0 saturated heterocycles. The quantitative estimate of drug-likeness (QED) is 0.511. The van der Waals surface area contributed by atoms with Crippen molar-refractivity contribution in [3.05, 3.63) is 45.3 Å². The van der Waals surface area contributed by atoms with E-state index in [-0.39, 0.29) is 12.2 Å². The maximum Gasteiger partial charge on any atom is 0.331 e. The first-order valence-corrected chi connectivity index (χ1v) is 10.9. The fourth-order valence-corrected chi connectivity index (χ4v) is 4.75. The highest BCUT2D eigenvalue weighted by Gasteiger charge is 2.36. The molecule has 0 spiro atoms. The first-order chi connectivity index (χ1) is 14.3. The molecule has 0 aliphatic rings. The van der Waals surface area contributed by atoms with Crippen molar-refractivity contribution in [2.45, 2.75) is 53.0 Å². The van der Waals surface area contributed by atoms with Gasteiger partial charge in [-0.3, -0.25) is 9.36 Å². The van der Waals surface area contributed by atoms with Crippen LogP contribution in [0.2, 0.25) is 0 Å². The van der Waals surface area contributed by atoms with E-state index < -0.39 is 11.5 Å². The molecule has 0 aliphatic carbocycles. The van der Waals surface area contributed by atoms with Gasteiger partial charge in [0.05, 0.1) is 19.1 Å². The van der Waals surface area contributed by atoms with Crippen LogP contribution in [0.4, 0.5) is 0 Å². The third kappa shape index (κ3) is 3.74. The van der Waals surface area contributed by atoms with E-state index in [1.54, 1.807) is 27.9 Å². The highest BCUT2D eigenvalue weighted by Crippen LogP contribution is 2.37. The summed E-state index contributed by atoms with van der Waals surface area (Å²) in [6, 6.07) is 7.64. The average Bonchev–Trinajstić information content (AvgIpc) is 3.04. The molecule has 1 aromatic carbocycles. The molecule has 2 heterocycles.